The van der Waals surface area contributed by atoms with Crippen molar-refractivity contribution in [2.24, 2.45) is 7.05 Å². The van der Waals surface area contributed by atoms with Gasteiger partial charge in [0.2, 0.25) is 5.91 Å². The van der Waals surface area contributed by atoms with E-state index in [-0.39, 0.29) is 24.4 Å². The van der Waals surface area contributed by atoms with Gasteiger partial charge in [0.25, 0.3) is 5.91 Å². The van der Waals surface area contributed by atoms with Crippen molar-refractivity contribution in [2.75, 3.05) is 6.54 Å². The summed E-state index contributed by atoms with van der Waals surface area (Å²) in [6.07, 6.45) is 3.88. The number of nitrogens with zero attached hydrogens (tertiary/aromatic N) is 3. The highest BCUT2D eigenvalue weighted by Crippen LogP contribution is 2.30. The Balaban J connectivity index is 1.41. The van der Waals surface area contributed by atoms with Gasteiger partial charge in [-0.25, -0.2) is 0 Å². The lowest BCUT2D eigenvalue weighted by Gasteiger charge is -2.28. The summed E-state index contributed by atoms with van der Waals surface area (Å²) in [6.45, 7) is 1.09. The molecule has 5 rings (SSSR count). The number of carbonyl (C=O) groups is 2. The first-order valence-corrected chi connectivity index (χ1v) is 11.8. The van der Waals surface area contributed by atoms with E-state index in [1.165, 1.54) is 0 Å². The maximum atomic E-state index is 13.7. The topological polar surface area (TPSA) is 45.6 Å². The summed E-state index contributed by atoms with van der Waals surface area (Å²) in [5, 5.41) is 1.96. The molecule has 0 radical (unpaired) electrons. The predicted octanol–water partition coefficient (Wildman–Crippen LogP) is 5.01. The van der Waals surface area contributed by atoms with E-state index in [4.69, 9.17) is 0 Å². The lowest BCUT2D eigenvalue weighted by molar-refractivity contribution is -0.133. The molecule has 5 heteroatoms. The van der Waals surface area contributed by atoms with E-state index < -0.39 is 0 Å². The molecule has 1 aliphatic rings. The van der Waals surface area contributed by atoms with Crippen LogP contribution in [0.3, 0.4) is 0 Å². The Hall–Kier alpha value is -3.86. The van der Waals surface area contributed by atoms with E-state index in [0.717, 1.165) is 34.9 Å². The molecule has 0 saturated heterocycles. The average molecular weight is 452 g/mol. The van der Waals surface area contributed by atoms with Crippen LogP contribution in [0.4, 0.5) is 0 Å². The van der Waals surface area contributed by atoms with E-state index in [0.29, 0.717) is 18.7 Å². The standard InChI is InChI=1S/C29H29N3O2/c1-30-18-8-13-25(30)20-31(19-22-9-3-2-4-10-22)28(33)21-32(24-16-17-24)29(34)27-15-7-12-23-11-5-6-14-26(23)27/h2-15,18,24H,16-17,19-21H2,1H3. The van der Waals surface area contributed by atoms with Gasteiger partial charge in [-0.05, 0) is 47.4 Å². The van der Waals surface area contributed by atoms with Crippen LogP contribution in [0.2, 0.25) is 0 Å². The second kappa shape index (κ2) is 9.56. The fourth-order valence-corrected chi connectivity index (χ4v) is 4.46. The van der Waals surface area contributed by atoms with Crippen LogP contribution in [0, 0.1) is 0 Å². The van der Waals surface area contributed by atoms with E-state index in [1.54, 1.807) is 4.90 Å². The molecule has 34 heavy (non-hydrogen) atoms. The molecular formula is C29H29N3O2. The van der Waals surface area contributed by atoms with Gasteiger partial charge < -0.3 is 14.4 Å². The van der Waals surface area contributed by atoms with Crippen LogP contribution >= 0.6 is 0 Å². The molecule has 3 aromatic carbocycles. The van der Waals surface area contributed by atoms with Crippen LogP contribution in [-0.2, 0) is 24.9 Å². The third-order valence-electron chi connectivity index (χ3n) is 6.55. The Morgan fingerprint density at radius 2 is 1.59 bits per heavy atom. The third-order valence-corrected chi connectivity index (χ3v) is 6.55. The molecule has 2 amide bonds. The Morgan fingerprint density at radius 3 is 2.32 bits per heavy atom. The molecule has 1 saturated carbocycles. The molecule has 0 atom stereocenters. The Labute approximate surface area is 200 Å². The summed E-state index contributed by atoms with van der Waals surface area (Å²) in [6, 6.07) is 27.9. The van der Waals surface area contributed by atoms with Crippen molar-refractivity contribution in [1.82, 2.24) is 14.4 Å². The highest BCUT2D eigenvalue weighted by Gasteiger charge is 2.35. The lowest BCUT2D eigenvalue weighted by atomic mass is 10.0. The zero-order chi connectivity index (χ0) is 23.5. The van der Waals surface area contributed by atoms with Crippen molar-refractivity contribution in [3.63, 3.8) is 0 Å². The zero-order valence-corrected chi connectivity index (χ0v) is 19.4. The first kappa shape index (κ1) is 22.0. The van der Waals surface area contributed by atoms with Gasteiger partial charge in [-0.15, -0.1) is 0 Å². The van der Waals surface area contributed by atoms with Crippen molar-refractivity contribution < 1.29 is 9.59 Å². The molecule has 0 spiro atoms. The van der Waals surface area contributed by atoms with Gasteiger partial charge in [-0.1, -0.05) is 66.7 Å². The smallest absolute Gasteiger partial charge is 0.255 e. The van der Waals surface area contributed by atoms with Crippen LogP contribution in [0.15, 0.2) is 91.1 Å². The minimum absolute atomic E-state index is 0.0365. The van der Waals surface area contributed by atoms with Crippen molar-refractivity contribution in [3.05, 3.63) is 108 Å². The molecule has 0 aliphatic heterocycles. The van der Waals surface area contributed by atoms with Gasteiger partial charge >= 0.3 is 0 Å². The van der Waals surface area contributed by atoms with Crippen molar-refractivity contribution in [2.45, 2.75) is 32.0 Å². The summed E-state index contributed by atoms with van der Waals surface area (Å²) in [7, 11) is 1.99. The normalized spacial score (nSPS) is 13.1. The summed E-state index contributed by atoms with van der Waals surface area (Å²) in [4.78, 5) is 31.0. The number of rotatable bonds is 8. The van der Waals surface area contributed by atoms with Crippen molar-refractivity contribution in [3.8, 4) is 0 Å². The highest BCUT2D eigenvalue weighted by atomic mass is 16.2. The zero-order valence-electron chi connectivity index (χ0n) is 19.4. The Kier molecular flexibility index (Phi) is 6.17. The first-order valence-electron chi connectivity index (χ1n) is 11.8. The molecule has 1 aliphatic carbocycles. The van der Waals surface area contributed by atoms with Crippen LogP contribution in [-0.4, -0.2) is 38.8 Å². The monoisotopic (exact) mass is 451 g/mol. The first-order chi connectivity index (χ1) is 16.6. The average Bonchev–Trinajstić information content (AvgIpc) is 3.63. The predicted molar refractivity (Wildman–Crippen MR) is 134 cm³/mol. The molecule has 0 bridgehead atoms. The Bertz CT molecular complexity index is 1300. The highest BCUT2D eigenvalue weighted by molar-refractivity contribution is 6.08. The molecule has 1 aromatic heterocycles. The number of aromatic nitrogens is 1. The maximum absolute atomic E-state index is 13.7. The van der Waals surface area contributed by atoms with Gasteiger partial charge in [0, 0.05) is 37.1 Å². The number of fused-ring (bicyclic) bond motifs is 1. The number of hydrogen-bond donors (Lipinski definition) is 0. The fourth-order valence-electron chi connectivity index (χ4n) is 4.46. The van der Waals surface area contributed by atoms with Crippen LogP contribution in [0.5, 0.6) is 0 Å². The largest absolute Gasteiger partial charge is 0.353 e. The van der Waals surface area contributed by atoms with E-state index in [2.05, 4.69) is 0 Å². The molecular weight excluding hydrogens is 422 g/mol. The summed E-state index contributed by atoms with van der Waals surface area (Å²) in [5.74, 6) is -0.100. The minimum atomic E-state index is -0.0637. The van der Waals surface area contributed by atoms with Crippen LogP contribution < -0.4 is 0 Å². The maximum Gasteiger partial charge on any atom is 0.255 e. The molecule has 4 aromatic rings. The number of aryl methyl sites for hydroxylation is 1. The SMILES string of the molecule is Cn1cccc1CN(Cc1ccccc1)C(=O)CN(C(=O)c1cccc2ccccc12)C1CC1. The minimum Gasteiger partial charge on any atom is -0.353 e. The van der Waals surface area contributed by atoms with E-state index in [9.17, 15) is 9.59 Å². The second-order valence-electron chi connectivity index (χ2n) is 9.04. The number of hydrogen-bond acceptors (Lipinski definition) is 2. The van der Waals surface area contributed by atoms with Crippen LogP contribution in [0.1, 0.15) is 34.5 Å². The Morgan fingerprint density at radius 1 is 0.853 bits per heavy atom. The number of benzene rings is 3. The van der Waals surface area contributed by atoms with Gasteiger partial charge in [-0.2, -0.15) is 0 Å². The quantitative estimate of drug-likeness (QED) is 0.378. The van der Waals surface area contributed by atoms with E-state index in [1.807, 2.05) is 108 Å². The van der Waals surface area contributed by atoms with Crippen molar-refractivity contribution in [1.29, 1.82) is 0 Å². The molecule has 0 unspecified atom stereocenters. The van der Waals surface area contributed by atoms with Gasteiger partial charge in [0.05, 0.1) is 6.54 Å². The summed E-state index contributed by atoms with van der Waals surface area (Å²) >= 11 is 0. The molecule has 1 heterocycles. The van der Waals surface area contributed by atoms with E-state index >= 15 is 0 Å². The van der Waals surface area contributed by atoms with Crippen LogP contribution in [0.25, 0.3) is 10.8 Å². The lowest BCUT2D eigenvalue weighted by Crippen LogP contribution is -2.43. The summed E-state index contributed by atoms with van der Waals surface area (Å²) < 4.78 is 2.03. The fraction of sp³-hybridized carbons (Fsp3) is 0.241. The van der Waals surface area contributed by atoms with Gasteiger partial charge in [-0.3, -0.25) is 9.59 Å². The van der Waals surface area contributed by atoms with Crippen molar-refractivity contribution >= 4 is 22.6 Å². The van der Waals surface area contributed by atoms with Gasteiger partial charge in [0.1, 0.15) is 6.54 Å². The second-order valence-corrected chi connectivity index (χ2v) is 9.04. The molecule has 172 valence electrons. The number of amides is 2. The summed E-state index contributed by atoms with van der Waals surface area (Å²) in [5.41, 5.74) is 2.79. The number of carbonyl (C=O) groups excluding carboxylic acids is 2. The third kappa shape index (κ3) is 4.74. The van der Waals surface area contributed by atoms with Gasteiger partial charge in [0.15, 0.2) is 0 Å². The molecule has 5 nitrogen and oxygen atoms in total. The molecule has 0 N–H and O–H groups in total. The molecule has 1 fully saturated rings.